The Hall–Kier alpha value is -2.49. The first-order valence-corrected chi connectivity index (χ1v) is 7.41. The van der Waals surface area contributed by atoms with Crippen LogP contribution in [0.2, 0.25) is 0 Å². The van der Waals surface area contributed by atoms with Crippen molar-refractivity contribution in [3.8, 4) is 0 Å². The highest BCUT2D eigenvalue weighted by Crippen LogP contribution is 2.57. The molecule has 1 saturated carbocycles. The lowest BCUT2D eigenvalue weighted by Gasteiger charge is -2.22. The summed E-state index contributed by atoms with van der Waals surface area (Å²) < 4.78 is 34.1. The molecule has 1 aliphatic carbocycles. The molecule has 2 fully saturated rings. The Kier molecular flexibility index (Phi) is 5.73. The second kappa shape index (κ2) is 7.60. The molecule has 1 aliphatic heterocycles. The minimum absolute atomic E-state index is 0.0508. The van der Waals surface area contributed by atoms with E-state index in [0.717, 1.165) is 0 Å². The number of carbonyl (C=O) groups is 3. The third-order valence-electron chi connectivity index (χ3n) is 4.20. The van der Waals surface area contributed by atoms with E-state index in [9.17, 15) is 14.4 Å². The van der Waals surface area contributed by atoms with E-state index in [-0.39, 0.29) is 13.2 Å². The lowest BCUT2D eigenvalue weighted by Crippen LogP contribution is -2.28. The molecule has 0 unspecified atom stereocenters. The lowest BCUT2D eigenvalue weighted by molar-refractivity contribution is 0.0238. The van der Waals surface area contributed by atoms with Gasteiger partial charge in [0.05, 0.1) is 21.3 Å². The average Bonchev–Trinajstić information content (AvgIpc) is 3.24. The van der Waals surface area contributed by atoms with E-state index in [4.69, 9.17) is 18.9 Å². The highest BCUT2D eigenvalue weighted by atomic mass is 16.7. The summed E-state index contributed by atoms with van der Waals surface area (Å²) >= 11 is 0. The monoisotopic (exact) mass is 360 g/mol. The van der Waals surface area contributed by atoms with Crippen LogP contribution in [0.1, 0.15) is 6.92 Å². The van der Waals surface area contributed by atoms with Crippen LogP contribution in [0.4, 0.5) is 14.4 Å². The van der Waals surface area contributed by atoms with Crippen molar-refractivity contribution >= 4 is 18.5 Å². The van der Waals surface area contributed by atoms with Crippen LogP contribution in [0.15, 0.2) is 11.6 Å². The van der Waals surface area contributed by atoms with Gasteiger partial charge in [-0.2, -0.15) is 0 Å². The zero-order chi connectivity index (χ0) is 18.6. The van der Waals surface area contributed by atoms with Gasteiger partial charge in [-0.05, 0) is 18.6 Å². The van der Waals surface area contributed by atoms with Gasteiger partial charge in [0.15, 0.2) is 6.10 Å². The van der Waals surface area contributed by atoms with E-state index in [1.807, 2.05) is 0 Å². The number of fused-ring (bicyclic) bond motifs is 1. The van der Waals surface area contributed by atoms with Gasteiger partial charge in [0.25, 0.3) is 0 Å². The average molecular weight is 360 g/mol. The zero-order valence-electron chi connectivity index (χ0n) is 14.3. The van der Waals surface area contributed by atoms with Crippen LogP contribution in [0.3, 0.4) is 0 Å². The Labute approximate surface area is 143 Å². The minimum Gasteiger partial charge on any atom is -0.438 e. The van der Waals surface area contributed by atoms with Crippen molar-refractivity contribution in [2.24, 2.45) is 5.92 Å². The first kappa shape index (κ1) is 18.8. The summed E-state index contributed by atoms with van der Waals surface area (Å²) in [6.07, 6.45) is -2.17. The second-order valence-corrected chi connectivity index (χ2v) is 5.50. The largest absolute Gasteiger partial charge is 0.508 e. The van der Waals surface area contributed by atoms with Crippen molar-refractivity contribution in [3.05, 3.63) is 11.6 Å². The van der Waals surface area contributed by atoms with Crippen molar-refractivity contribution < 1.29 is 47.5 Å². The topological polar surface area (TPSA) is 119 Å². The number of hydrogen-bond acceptors (Lipinski definition) is 10. The van der Waals surface area contributed by atoms with Crippen LogP contribution in [0.25, 0.3) is 0 Å². The van der Waals surface area contributed by atoms with E-state index in [2.05, 4.69) is 14.2 Å². The van der Waals surface area contributed by atoms with Gasteiger partial charge in [-0.1, -0.05) is 0 Å². The third kappa shape index (κ3) is 3.95. The fourth-order valence-electron chi connectivity index (χ4n) is 2.86. The van der Waals surface area contributed by atoms with Crippen molar-refractivity contribution in [2.45, 2.75) is 24.7 Å². The van der Waals surface area contributed by atoms with Gasteiger partial charge < -0.3 is 33.2 Å². The molecule has 0 spiro atoms. The number of epoxide rings is 1. The summed E-state index contributed by atoms with van der Waals surface area (Å²) in [5.41, 5.74) is -0.0824. The minimum atomic E-state index is -0.878. The van der Waals surface area contributed by atoms with Crippen LogP contribution < -0.4 is 0 Å². The number of carbonyl (C=O) groups excluding carboxylic acids is 3. The highest BCUT2D eigenvalue weighted by molar-refractivity contribution is 5.62. The maximum Gasteiger partial charge on any atom is 0.508 e. The van der Waals surface area contributed by atoms with Crippen LogP contribution in [0.5, 0.6) is 0 Å². The van der Waals surface area contributed by atoms with Gasteiger partial charge in [-0.3, -0.25) is 0 Å². The van der Waals surface area contributed by atoms with E-state index >= 15 is 0 Å². The molecule has 2 rings (SSSR count). The maximum absolute atomic E-state index is 11.5. The maximum atomic E-state index is 11.5. The van der Waals surface area contributed by atoms with Gasteiger partial charge in [0, 0.05) is 5.92 Å². The predicted molar refractivity (Wildman–Crippen MR) is 78.8 cm³/mol. The zero-order valence-corrected chi connectivity index (χ0v) is 14.3. The van der Waals surface area contributed by atoms with Crippen molar-refractivity contribution in [2.75, 3.05) is 34.5 Å². The molecule has 0 radical (unpaired) electrons. The Balaban J connectivity index is 2.15. The predicted octanol–water partition coefficient (Wildman–Crippen LogP) is 1.42. The molecule has 0 amide bonds. The Morgan fingerprint density at radius 3 is 2.24 bits per heavy atom. The number of ether oxygens (including phenoxy) is 7. The van der Waals surface area contributed by atoms with E-state index in [0.29, 0.717) is 5.57 Å². The van der Waals surface area contributed by atoms with Crippen molar-refractivity contribution in [1.82, 2.24) is 0 Å². The summed E-state index contributed by atoms with van der Waals surface area (Å²) in [6.45, 7) is 1.64. The lowest BCUT2D eigenvalue weighted by atomic mass is 9.94. The smallest absolute Gasteiger partial charge is 0.438 e. The normalized spacial score (nSPS) is 30.9. The number of rotatable bonds is 5. The molecule has 140 valence electrons. The molecule has 0 aromatic carbocycles. The molecule has 0 bridgehead atoms. The number of hydrogen-bond donors (Lipinski definition) is 0. The fraction of sp³-hybridized carbons (Fsp3) is 0.667. The molecule has 1 heterocycles. The van der Waals surface area contributed by atoms with E-state index in [1.165, 1.54) is 21.3 Å². The molecule has 0 aromatic rings. The first-order chi connectivity index (χ1) is 11.9. The summed E-state index contributed by atoms with van der Waals surface area (Å²) in [7, 11) is 3.57. The van der Waals surface area contributed by atoms with Gasteiger partial charge >= 0.3 is 18.5 Å². The summed E-state index contributed by atoms with van der Waals surface area (Å²) in [4.78, 5) is 33.8. The van der Waals surface area contributed by atoms with E-state index < -0.39 is 42.2 Å². The highest BCUT2D eigenvalue weighted by Gasteiger charge is 2.70. The molecular weight excluding hydrogens is 340 g/mol. The summed E-state index contributed by atoms with van der Waals surface area (Å²) in [5.74, 6) is -0.410. The van der Waals surface area contributed by atoms with Gasteiger partial charge in [0.1, 0.15) is 24.9 Å². The molecule has 4 atom stereocenters. The van der Waals surface area contributed by atoms with Gasteiger partial charge in [-0.25, -0.2) is 14.4 Å². The molecule has 10 nitrogen and oxygen atoms in total. The van der Waals surface area contributed by atoms with E-state index in [1.54, 1.807) is 13.0 Å². The Bertz CT molecular complexity index is 571. The first-order valence-electron chi connectivity index (χ1n) is 7.41. The van der Waals surface area contributed by atoms with Crippen molar-refractivity contribution in [3.63, 3.8) is 0 Å². The molecule has 2 aliphatic rings. The van der Waals surface area contributed by atoms with Crippen LogP contribution in [0, 0.1) is 5.92 Å². The molecule has 0 N–H and O–H groups in total. The SMILES string of the molecule is COC(=O)OC/C=C1/[C@H](OC(=O)OC)[C@@H]2O[C@]2(C)[C@H]1COC(=O)OC. The van der Waals surface area contributed by atoms with Gasteiger partial charge in [0.2, 0.25) is 0 Å². The molecule has 10 heteroatoms. The van der Waals surface area contributed by atoms with Crippen molar-refractivity contribution in [1.29, 1.82) is 0 Å². The number of methoxy groups -OCH3 is 3. The standard InChI is InChI=1S/C15H20O10/c1-15-9(7-23-13(17)20-3)8(5-6-22-12(16)19-2)10(11(15)25-15)24-14(18)21-4/h5,9-11H,6-7H2,1-4H3/b8-5+/t9-,10-,11-,15+/m0/s1. The molecule has 0 aromatic heterocycles. The summed E-state index contributed by atoms with van der Waals surface area (Å²) in [6, 6.07) is 0. The van der Waals surface area contributed by atoms with Crippen LogP contribution in [-0.4, -0.2) is 70.8 Å². The second-order valence-electron chi connectivity index (χ2n) is 5.50. The quantitative estimate of drug-likeness (QED) is 0.308. The molecule has 1 saturated heterocycles. The van der Waals surface area contributed by atoms with Crippen LogP contribution in [-0.2, 0) is 33.2 Å². The summed E-state index contributed by atoms with van der Waals surface area (Å²) in [5, 5.41) is 0. The van der Waals surface area contributed by atoms with Crippen LogP contribution >= 0.6 is 0 Å². The molecular formula is C15H20O10. The fourth-order valence-corrected chi connectivity index (χ4v) is 2.86. The third-order valence-corrected chi connectivity index (χ3v) is 4.20. The Morgan fingerprint density at radius 2 is 1.64 bits per heavy atom. The Morgan fingerprint density at radius 1 is 1.04 bits per heavy atom. The van der Waals surface area contributed by atoms with Gasteiger partial charge in [-0.15, -0.1) is 0 Å². The molecule has 25 heavy (non-hydrogen) atoms.